The molecule has 4 nitrogen and oxygen atoms in total. The molecular formula is C66H65IrN3OSi-2. The van der Waals surface area contributed by atoms with Gasteiger partial charge in [-0.15, -0.1) is 48.0 Å². The summed E-state index contributed by atoms with van der Waals surface area (Å²) in [5, 5.41) is 8.27. The summed E-state index contributed by atoms with van der Waals surface area (Å²) in [4.78, 5) is 10.0. The summed E-state index contributed by atoms with van der Waals surface area (Å²) in [7, 11) is -1.50. The maximum atomic E-state index is 8.44. The zero-order chi connectivity index (χ0) is 50.9. The molecule has 3 aromatic heterocycles. The molecule has 0 aliphatic heterocycles. The molecule has 0 saturated carbocycles. The van der Waals surface area contributed by atoms with Gasteiger partial charge in [-0.2, -0.15) is 0 Å². The van der Waals surface area contributed by atoms with Crippen LogP contribution in [0.4, 0.5) is 0 Å². The molecule has 0 aliphatic rings. The van der Waals surface area contributed by atoms with E-state index in [0.29, 0.717) is 11.8 Å². The van der Waals surface area contributed by atoms with Crippen molar-refractivity contribution in [3.63, 3.8) is 0 Å². The second-order valence-electron chi connectivity index (χ2n) is 22.1. The van der Waals surface area contributed by atoms with Gasteiger partial charge in [-0.25, -0.2) is 0 Å². The average Bonchev–Trinajstić information content (AvgIpc) is 3.93. The monoisotopic (exact) mass is 1140 g/mol. The molecule has 1 radical (unpaired) electrons. The van der Waals surface area contributed by atoms with Crippen molar-refractivity contribution in [2.24, 2.45) is 0 Å². The Bertz CT molecular complexity index is 3790. The fourth-order valence-corrected chi connectivity index (χ4v) is 11.8. The summed E-state index contributed by atoms with van der Waals surface area (Å²) in [6.45, 7) is 26.9. The molecule has 0 atom stereocenters. The van der Waals surface area contributed by atoms with E-state index in [9.17, 15) is 0 Å². The Morgan fingerprint density at radius 2 is 1.33 bits per heavy atom. The van der Waals surface area contributed by atoms with Crippen LogP contribution in [0, 0.1) is 12.1 Å². The first-order valence-electron chi connectivity index (χ1n) is 25.7. The van der Waals surface area contributed by atoms with Gasteiger partial charge in [0.1, 0.15) is 5.58 Å². The van der Waals surface area contributed by atoms with Gasteiger partial charge >= 0.3 is 0 Å². The van der Waals surface area contributed by atoms with E-state index in [2.05, 4.69) is 217 Å². The number of rotatable bonds is 8. The van der Waals surface area contributed by atoms with Crippen molar-refractivity contribution in [2.45, 2.75) is 105 Å². The first kappa shape index (κ1) is 49.2. The van der Waals surface area contributed by atoms with Crippen molar-refractivity contribution >= 4 is 67.8 Å². The van der Waals surface area contributed by atoms with Gasteiger partial charge in [0.15, 0.2) is 0 Å². The van der Waals surface area contributed by atoms with Gasteiger partial charge in [-0.1, -0.05) is 201 Å². The van der Waals surface area contributed by atoms with E-state index in [1.54, 1.807) is 0 Å². The van der Waals surface area contributed by atoms with Gasteiger partial charge in [-0.3, -0.25) is 4.98 Å². The van der Waals surface area contributed by atoms with Gasteiger partial charge in [0.25, 0.3) is 0 Å². The third kappa shape index (κ3) is 9.42. The number of aromatic nitrogens is 3. The molecule has 0 saturated heterocycles. The first-order valence-corrected chi connectivity index (χ1v) is 28.7. The van der Waals surface area contributed by atoms with Crippen LogP contribution in [0.3, 0.4) is 0 Å². The van der Waals surface area contributed by atoms with E-state index >= 15 is 0 Å². The summed E-state index contributed by atoms with van der Waals surface area (Å²) in [5.74, 6) is 0.817. The molecule has 11 aromatic rings. The molecule has 0 amide bonds. The number of fused-ring (bicyclic) bond motifs is 7. The number of para-hydroxylation sites is 2. The molecule has 0 aliphatic carbocycles. The van der Waals surface area contributed by atoms with E-state index in [4.69, 9.17) is 10.8 Å². The Balaban J connectivity index is 0.000000264. The van der Waals surface area contributed by atoms with Crippen molar-refractivity contribution in [1.82, 2.24) is 14.5 Å². The maximum Gasteiger partial charge on any atom is 0.121 e. The summed E-state index contributed by atoms with van der Waals surface area (Å²) in [6, 6.07) is 60.6. The normalized spacial score (nSPS) is 12.5. The number of imidazole rings is 1. The van der Waals surface area contributed by atoms with Crippen LogP contribution in [-0.2, 0) is 25.5 Å². The number of hydrogen-bond acceptors (Lipinski definition) is 3. The largest absolute Gasteiger partial charge is 0.500 e. The van der Waals surface area contributed by atoms with E-state index in [1.165, 1.54) is 49.1 Å². The predicted molar refractivity (Wildman–Crippen MR) is 306 cm³/mol. The van der Waals surface area contributed by atoms with Crippen LogP contribution >= 0.6 is 0 Å². The molecule has 0 N–H and O–H groups in total. The van der Waals surface area contributed by atoms with Gasteiger partial charge < -0.3 is 14.0 Å². The van der Waals surface area contributed by atoms with Gasteiger partial charge in [0.05, 0.1) is 30.5 Å². The van der Waals surface area contributed by atoms with Gasteiger partial charge in [0, 0.05) is 38.7 Å². The van der Waals surface area contributed by atoms with Crippen molar-refractivity contribution in [3.8, 4) is 39.5 Å². The molecule has 8 aromatic carbocycles. The van der Waals surface area contributed by atoms with Crippen LogP contribution in [0.2, 0.25) is 19.6 Å². The second-order valence-corrected chi connectivity index (χ2v) is 27.1. The van der Waals surface area contributed by atoms with Crippen LogP contribution in [-0.4, -0.2) is 22.6 Å². The molecule has 72 heavy (non-hydrogen) atoms. The number of benzene rings is 8. The zero-order valence-corrected chi connectivity index (χ0v) is 47.1. The van der Waals surface area contributed by atoms with E-state index in [1.807, 2.05) is 44.3 Å². The maximum absolute atomic E-state index is 8.44. The van der Waals surface area contributed by atoms with Crippen LogP contribution in [0.15, 0.2) is 162 Å². The van der Waals surface area contributed by atoms with Crippen molar-refractivity contribution < 1.29 is 25.9 Å². The van der Waals surface area contributed by atoms with Crippen molar-refractivity contribution in [2.75, 3.05) is 0 Å². The number of furan rings is 1. The third-order valence-corrected chi connectivity index (χ3v) is 16.0. The van der Waals surface area contributed by atoms with Gasteiger partial charge in [0.2, 0.25) is 0 Å². The molecule has 0 spiro atoms. The Morgan fingerprint density at radius 1 is 0.667 bits per heavy atom. The quantitative estimate of drug-likeness (QED) is 0.0865. The SMILES string of the molecule is CC(C)c1cc(C(C)(C)C)cc(C(C)C)c1-n1c(-c2[c-]cc(-c3ccccc3)c3c2oc2cc4c(ccc5ccccc54)cc23)nc2ccccc21.[2H]C(C)(C)c1cc(-c2[c-]cccc2)ncc1[Si](C)(C)C.[Ir]. The molecular weight excluding hydrogens is 1070 g/mol. The summed E-state index contributed by atoms with van der Waals surface area (Å²) < 4.78 is 17.9. The minimum Gasteiger partial charge on any atom is -0.500 e. The number of hydrogen-bond donors (Lipinski definition) is 0. The molecule has 0 fully saturated rings. The minimum atomic E-state index is -1.50. The van der Waals surface area contributed by atoms with Gasteiger partial charge in [-0.05, 0) is 102 Å². The minimum absolute atomic E-state index is 0. The standard InChI is InChI=1S/C49H43N2O.C17H22NSi.Ir/c1-29(2)38-26-34(49(5,6)7)27-39(30(3)4)46(38)51-43-20-14-13-19-42(43)50-48(51)37-24-23-36(31-15-9-8-10-16-31)45-41-25-33-22-21-32-17-11-12-18-35(32)40(33)28-44(41)52-47(37)45;1-13(2)15-11-16(14-9-7-6-8-10-14)18-12-17(15)19(3,4)5;/h8-23,25-30H,1-7H3;6-9,11-13H,1-5H3;/q2*-1;/i;13D;. The average molecular weight is 1140 g/mol. The molecule has 0 unspecified atom stereocenters. The smallest absolute Gasteiger partial charge is 0.121 e. The molecule has 6 heteroatoms. The summed E-state index contributed by atoms with van der Waals surface area (Å²) in [6.07, 6.45) is 1.98. The van der Waals surface area contributed by atoms with E-state index in [-0.39, 0.29) is 25.5 Å². The third-order valence-electron chi connectivity index (χ3n) is 14.0. The summed E-state index contributed by atoms with van der Waals surface area (Å²) in [5.41, 5.74) is 15.0. The Morgan fingerprint density at radius 3 is 2.00 bits per heavy atom. The first-order chi connectivity index (χ1) is 34.3. The molecule has 0 bridgehead atoms. The molecule has 3 heterocycles. The topological polar surface area (TPSA) is 43.9 Å². The fraction of sp³-hybridized carbons (Fsp3) is 0.242. The fourth-order valence-electron chi connectivity index (χ4n) is 10.2. The van der Waals surface area contributed by atoms with Crippen molar-refractivity contribution in [3.05, 3.63) is 192 Å². The second kappa shape index (κ2) is 19.9. The molecule has 11 rings (SSSR count). The summed E-state index contributed by atoms with van der Waals surface area (Å²) >= 11 is 0. The Kier molecular flexibility index (Phi) is 13.6. The Hall–Kier alpha value is -6.43. The number of pyridine rings is 1. The van der Waals surface area contributed by atoms with Crippen LogP contribution in [0.1, 0.15) is 104 Å². The van der Waals surface area contributed by atoms with Crippen LogP contribution < -0.4 is 5.19 Å². The van der Waals surface area contributed by atoms with Crippen molar-refractivity contribution in [1.29, 1.82) is 0 Å². The molecule has 365 valence electrons. The van der Waals surface area contributed by atoms with Crippen LogP contribution in [0.25, 0.3) is 94.0 Å². The van der Waals surface area contributed by atoms with Crippen LogP contribution in [0.5, 0.6) is 0 Å². The van der Waals surface area contributed by atoms with E-state index in [0.717, 1.165) is 72.3 Å². The van der Waals surface area contributed by atoms with E-state index < -0.39 is 14.0 Å². The Labute approximate surface area is 442 Å². The zero-order valence-electron chi connectivity index (χ0n) is 44.7. The predicted octanol–water partition coefficient (Wildman–Crippen LogP) is 18.1. The number of nitrogens with zero attached hydrogens (tertiary/aromatic N) is 3.